The number of nitrogens with one attached hydrogen (secondary N) is 1. The van der Waals surface area contributed by atoms with Gasteiger partial charge in [0.1, 0.15) is 5.69 Å². The molecule has 112 valence electrons. The number of hydrogen-bond donors (Lipinski definition) is 1. The minimum atomic E-state index is -0.0500. The van der Waals surface area contributed by atoms with Crippen LogP contribution >= 0.6 is 23.8 Å². The minimum absolute atomic E-state index is 0.0500. The van der Waals surface area contributed by atoms with E-state index < -0.39 is 0 Å². The fourth-order valence-corrected chi connectivity index (χ4v) is 2.98. The van der Waals surface area contributed by atoms with Gasteiger partial charge < -0.3 is 5.32 Å². The van der Waals surface area contributed by atoms with Crippen LogP contribution in [0.1, 0.15) is 32.0 Å². The third-order valence-corrected chi connectivity index (χ3v) is 3.90. The first-order chi connectivity index (χ1) is 9.86. The van der Waals surface area contributed by atoms with Gasteiger partial charge in [-0.2, -0.15) is 5.10 Å². The standard InChI is InChI=1S/C15H20N4S2/c1-15(2,3)12-13(21-19(4)18-12)17-14(20)16-10-11-8-6-5-7-9-11/h5-9H,10H2,1-4H3,(H,16,20)/b17-13-. The van der Waals surface area contributed by atoms with Gasteiger partial charge >= 0.3 is 0 Å². The molecule has 0 aliphatic heterocycles. The highest BCUT2D eigenvalue weighted by molar-refractivity contribution is 7.80. The number of aromatic nitrogens is 2. The summed E-state index contributed by atoms with van der Waals surface area (Å²) in [4.78, 5) is 4.52. The Balaban J connectivity index is 2.14. The summed E-state index contributed by atoms with van der Waals surface area (Å²) in [6, 6.07) is 10.1. The fourth-order valence-electron chi connectivity index (χ4n) is 1.82. The molecule has 6 heteroatoms. The molecule has 0 amide bonds. The lowest BCUT2D eigenvalue weighted by Crippen LogP contribution is -2.25. The lowest BCUT2D eigenvalue weighted by molar-refractivity contribution is 0.550. The number of aryl methyl sites for hydroxylation is 1. The summed E-state index contributed by atoms with van der Waals surface area (Å²) in [5.74, 6) is 0. The van der Waals surface area contributed by atoms with Gasteiger partial charge in [-0.25, -0.2) is 9.06 Å². The van der Waals surface area contributed by atoms with Crippen molar-refractivity contribution in [1.82, 2.24) is 14.5 Å². The minimum Gasteiger partial charge on any atom is -0.357 e. The second-order valence-electron chi connectivity index (χ2n) is 5.82. The molecule has 0 saturated heterocycles. The monoisotopic (exact) mass is 320 g/mol. The van der Waals surface area contributed by atoms with Gasteiger partial charge in [-0.15, -0.1) is 0 Å². The van der Waals surface area contributed by atoms with Crippen LogP contribution in [0, 0.1) is 0 Å². The summed E-state index contributed by atoms with van der Waals surface area (Å²) in [7, 11) is 1.92. The lowest BCUT2D eigenvalue weighted by Gasteiger charge is -2.13. The van der Waals surface area contributed by atoms with Crippen molar-refractivity contribution in [2.75, 3.05) is 0 Å². The lowest BCUT2D eigenvalue weighted by atomic mass is 9.93. The maximum absolute atomic E-state index is 5.32. The van der Waals surface area contributed by atoms with Gasteiger partial charge in [-0.1, -0.05) is 51.1 Å². The highest BCUT2D eigenvalue weighted by Gasteiger charge is 2.20. The molecule has 4 nitrogen and oxygen atoms in total. The number of nitrogens with zero attached hydrogens (tertiary/aromatic N) is 3. The van der Waals surface area contributed by atoms with Crippen molar-refractivity contribution < 1.29 is 0 Å². The molecule has 0 saturated carbocycles. The Morgan fingerprint density at radius 2 is 2.00 bits per heavy atom. The molecule has 0 radical (unpaired) electrons. The summed E-state index contributed by atoms with van der Waals surface area (Å²) in [6.07, 6.45) is 0. The van der Waals surface area contributed by atoms with Crippen LogP contribution in [0.5, 0.6) is 0 Å². The van der Waals surface area contributed by atoms with Crippen LogP contribution in [-0.4, -0.2) is 14.3 Å². The van der Waals surface area contributed by atoms with Crippen LogP contribution in [0.2, 0.25) is 0 Å². The van der Waals surface area contributed by atoms with Crippen LogP contribution in [0.25, 0.3) is 0 Å². The molecule has 21 heavy (non-hydrogen) atoms. The smallest absolute Gasteiger partial charge is 0.194 e. The highest BCUT2D eigenvalue weighted by atomic mass is 32.1. The van der Waals surface area contributed by atoms with E-state index >= 15 is 0 Å². The molecule has 1 aromatic carbocycles. The van der Waals surface area contributed by atoms with E-state index in [0.717, 1.165) is 10.4 Å². The quantitative estimate of drug-likeness (QED) is 0.865. The summed E-state index contributed by atoms with van der Waals surface area (Å²) in [6.45, 7) is 7.06. The Hall–Kier alpha value is -1.53. The third kappa shape index (κ3) is 4.47. The van der Waals surface area contributed by atoms with E-state index in [0.29, 0.717) is 11.7 Å². The molecule has 2 aromatic rings. The van der Waals surface area contributed by atoms with E-state index in [1.807, 2.05) is 29.3 Å². The number of thiocarbonyl (C=S) groups is 1. The second kappa shape index (κ2) is 6.49. The SMILES string of the molecule is Cn1nc(C(C)(C)C)/c(=N/C(=S)NCc2ccccc2)s1. The van der Waals surface area contributed by atoms with Gasteiger partial charge in [-0.3, -0.25) is 0 Å². The van der Waals surface area contributed by atoms with Crippen LogP contribution in [-0.2, 0) is 19.0 Å². The molecule has 1 aromatic heterocycles. The van der Waals surface area contributed by atoms with E-state index in [4.69, 9.17) is 12.2 Å². The Kier molecular flexibility index (Phi) is 4.90. The van der Waals surface area contributed by atoms with E-state index in [9.17, 15) is 0 Å². The van der Waals surface area contributed by atoms with Crippen LogP contribution < -0.4 is 9.99 Å². The Labute approximate surface area is 134 Å². The van der Waals surface area contributed by atoms with Crippen molar-refractivity contribution in [3.63, 3.8) is 0 Å². The van der Waals surface area contributed by atoms with Gasteiger partial charge in [0.05, 0.1) is 0 Å². The zero-order valence-corrected chi connectivity index (χ0v) is 14.4. The third-order valence-electron chi connectivity index (χ3n) is 2.86. The van der Waals surface area contributed by atoms with Crippen molar-refractivity contribution in [2.24, 2.45) is 12.0 Å². The molecule has 0 fully saturated rings. The molecular formula is C15H20N4S2. The molecule has 0 bridgehead atoms. The molecule has 0 atom stereocenters. The zero-order valence-electron chi connectivity index (χ0n) is 12.8. The van der Waals surface area contributed by atoms with Crippen molar-refractivity contribution in [2.45, 2.75) is 32.7 Å². The summed E-state index contributed by atoms with van der Waals surface area (Å²) in [5.41, 5.74) is 2.10. The van der Waals surface area contributed by atoms with Gasteiger partial charge in [0.15, 0.2) is 9.78 Å². The molecule has 0 unspecified atom stereocenters. The molecule has 0 aliphatic carbocycles. The Bertz CT molecular complexity index is 678. The zero-order chi connectivity index (χ0) is 15.5. The summed E-state index contributed by atoms with van der Waals surface area (Å²) < 4.78 is 2.69. The Morgan fingerprint density at radius 3 is 2.62 bits per heavy atom. The first-order valence-corrected chi connectivity index (χ1v) is 7.96. The van der Waals surface area contributed by atoms with E-state index in [-0.39, 0.29) is 5.41 Å². The summed E-state index contributed by atoms with van der Waals surface area (Å²) in [5, 5.41) is 8.17. The van der Waals surface area contributed by atoms with Gasteiger partial charge in [0.25, 0.3) is 0 Å². The molecule has 2 rings (SSSR count). The van der Waals surface area contributed by atoms with E-state index in [1.165, 1.54) is 17.1 Å². The van der Waals surface area contributed by atoms with Crippen molar-refractivity contribution in [3.8, 4) is 0 Å². The number of hydrogen-bond acceptors (Lipinski definition) is 3. The predicted octanol–water partition coefficient (Wildman–Crippen LogP) is 2.75. The van der Waals surface area contributed by atoms with Crippen LogP contribution in [0.3, 0.4) is 0 Å². The van der Waals surface area contributed by atoms with Crippen molar-refractivity contribution in [3.05, 3.63) is 46.3 Å². The number of rotatable bonds is 2. The molecular weight excluding hydrogens is 300 g/mol. The first-order valence-electron chi connectivity index (χ1n) is 6.78. The summed E-state index contributed by atoms with van der Waals surface area (Å²) >= 11 is 6.82. The molecule has 1 N–H and O–H groups in total. The molecule has 0 aliphatic rings. The van der Waals surface area contributed by atoms with Gasteiger partial charge in [0.2, 0.25) is 0 Å². The van der Waals surface area contributed by atoms with Crippen molar-refractivity contribution in [1.29, 1.82) is 0 Å². The van der Waals surface area contributed by atoms with E-state index in [2.05, 4.69) is 48.3 Å². The first kappa shape index (κ1) is 15.9. The van der Waals surface area contributed by atoms with Gasteiger partial charge in [-0.05, 0) is 29.3 Å². The average Bonchev–Trinajstić information content (AvgIpc) is 2.78. The molecule has 1 heterocycles. The van der Waals surface area contributed by atoms with Crippen molar-refractivity contribution >= 4 is 28.9 Å². The van der Waals surface area contributed by atoms with Gasteiger partial charge in [0, 0.05) is 19.0 Å². The maximum atomic E-state index is 5.32. The maximum Gasteiger partial charge on any atom is 0.194 e. The normalized spacial score (nSPS) is 12.5. The average molecular weight is 320 g/mol. The topological polar surface area (TPSA) is 42.2 Å². The Morgan fingerprint density at radius 1 is 1.33 bits per heavy atom. The largest absolute Gasteiger partial charge is 0.357 e. The second-order valence-corrected chi connectivity index (χ2v) is 7.30. The highest BCUT2D eigenvalue weighted by Crippen LogP contribution is 2.17. The number of benzene rings is 1. The fraction of sp³-hybridized carbons (Fsp3) is 0.400. The van der Waals surface area contributed by atoms with Crippen LogP contribution in [0.4, 0.5) is 0 Å². The van der Waals surface area contributed by atoms with Crippen LogP contribution in [0.15, 0.2) is 35.3 Å². The predicted molar refractivity (Wildman–Crippen MR) is 91.2 cm³/mol. The van der Waals surface area contributed by atoms with E-state index in [1.54, 1.807) is 0 Å². The molecule has 0 spiro atoms.